The van der Waals surface area contributed by atoms with Crippen molar-refractivity contribution in [3.8, 4) is 0 Å². The summed E-state index contributed by atoms with van der Waals surface area (Å²) in [5, 5.41) is 3.78. The molecule has 1 atom stereocenters. The summed E-state index contributed by atoms with van der Waals surface area (Å²) in [4.78, 5) is 28.4. The first-order chi connectivity index (χ1) is 18.7. The number of amides is 2. The van der Waals surface area contributed by atoms with E-state index in [1.165, 1.54) is 23.1 Å². The number of sulfonamides is 1. The fourth-order valence-electron chi connectivity index (χ4n) is 4.02. The Balaban J connectivity index is 2.09. The maximum Gasteiger partial charge on any atom is 0.264 e. The Morgan fingerprint density at radius 2 is 1.52 bits per heavy atom. The molecule has 40 heavy (non-hydrogen) atoms. The predicted molar refractivity (Wildman–Crippen MR) is 162 cm³/mol. The molecule has 0 bridgehead atoms. The normalized spacial score (nSPS) is 12.2. The van der Waals surface area contributed by atoms with Gasteiger partial charge in [-0.1, -0.05) is 64.6 Å². The smallest absolute Gasteiger partial charge is 0.264 e. The highest BCUT2D eigenvalue weighted by Crippen LogP contribution is 2.30. The number of nitrogens with one attached hydrogen (secondary N) is 1. The van der Waals surface area contributed by atoms with Crippen LogP contribution in [0.4, 0.5) is 5.69 Å². The molecule has 0 saturated carbocycles. The van der Waals surface area contributed by atoms with Crippen molar-refractivity contribution in [1.82, 2.24) is 10.2 Å². The molecule has 1 N–H and O–H groups in total. The van der Waals surface area contributed by atoms with Crippen LogP contribution >= 0.6 is 34.8 Å². The number of rotatable bonds is 10. The van der Waals surface area contributed by atoms with Crippen LogP contribution in [-0.4, -0.2) is 43.8 Å². The van der Waals surface area contributed by atoms with Crippen LogP contribution in [0.15, 0.2) is 65.6 Å². The quantitative estimate of drug-likeness (QED) is 0.283. The van der Waals surface area contributed by atoms with E-state index >= 15 is 0 Å². The van der Waals surface area contributed by atoms with Gasteiger partial charge in [0.2, 0.25) is 11.8 Å². The second-order valence-corrected chi connectivity index (χ2v) is 13.0. The van der Waals surface area contributed by atoms with Gasteiger partial charge in [0.05, 0.1) is 20.6 Å². The van der Waals surface area contributed by atoms with Crippen molar-refractivity contribution in [3.05, 3.63) is 92.4 Å². The van der Waals surface area contributed by atoms with Gasteiger partial charge >= 0.3 is 0 Å². The number of nitrogens with zero attached hydrogens (tertiary/aromatic N) is 2. The lowest BCUT2D eigenvalue weighted by atomic mass is 10.1. The van der Waals surface area contributed by atoms with Gasteiger partial charge < -0.3 is 10.2 Å². The zero-order valence-corrected chi connectivity index (χ0v) is 26.0. The van der Waals surface area contributed by atoms with E-state index < -0.39 is 28.5 Å². The fourth-order valence-corrected chi connectivity index (χ4v) is 5.98. The van der Waals surface area contributed by atoms with Crippen molar-refractivity contribution in [1.29, 1.82) is 0 Å². The van der Waals surface area contributed by atoms with Crippen molar-refractivity contribution < 1.29 is 18.0 Å². The highest BCUT2D eigenvalue weighted by atomic mass is 35.5. The van der Waals surface area contributed by atoms with E-state index in [4.69, 9.17) is 34.8 Å². The van der Waals surface area contributed by atoms with E-state index in [0.29, 0.717) is 26.2 Å². The van der Waals surface area contributed by atoms with Gasteiger partial charge in [0.1, 0.15) is 12.6 Å². The first-order valence-corrected chi connectivity index (χ1v) is 15.2. The Kier molecular flexibility index (Phi) is 10.5. The summed E-state index contributed by atoms with van der Waals surface area (Å²) in [6, 6.07) is 15.0. The molecule has 0 heterocycles. The topological polar surface area (TPSA) is 86.8 Å². The standard InChI is InChI=1S/C29H32Cl3N3O4S/c1-18(2)33-29(37)21(5)34(16-22-9-13-25(31)26(32)14-22)28(36)17-35(27-15-23(30)10-8-20(27)4)40(38,39)24-11-6-19(3)7-12-24/h6-15,18,21H,16-17H2,1-5H3,(H,33,37)/t21-/m1/s1. The van der Waals surface area contributed by atoms with Gasteiger partial charge in [0, 0.05) is 17.6 Å². The molecular weight excluding hydrogens is 593 g/mol. The van der Waals surface area contributed by atoms with Crippen LogP contribution in [0.25, 0.3) is 0 Å². The molecule has 11 heteroatoms. The van der Waals surface area contributed by atoms with E-state index in [-0.39, 0.29) is 29.1 Å². The number of hydrogen-bond acceptors (Lipinski definition) is 4. The van der Waals surface area contributed by atoms with Crippen LogP contribution in [0.1, 0.15) is 37.5 Å². The first-order valence-electron chi connectivity index (χ1n) is 12.6. The van der Waals surface area contributed by atoms with Crippen molar-refractivity contribution in [2.75, 3.05) is 10.8 Å². The molecule has 2 amide bonds. The third kappa shape index (κ3) is 7.69. The molecule has 7 nitrogen and oxygen atoms in total. The molecule has 0 aliphatic carbocycles. The molecule has 0 saturated heterocycles. The van der Waals surface area contributed by atoms with E-state index in [0.717, 1.165) is 9.87 Å². The van der Waals surface area contributed by atoms with Gasteiger partial charge in [-0.3, -0.25) is 13.9 Å². The molecule has 0 fully saturated rings. The van der Waals surface area contributed by atoms with Crippen LogP contribution in [-0.2, 0) is 26.2 Å². The molecule has 0 aliphatic heterocycles. The first kappa shape index (κ1) is 31.7. The Bertz CT molecular complexity index is 1490. The third-order valence-corrected chi connectivity index (χ3v) is 9.01. The number of hydrogen-bond donors (Lipinski definition) is 1. The number of carbonyl (C=O) groups is 2. The minimum Gasteiger partial charge on any atom is -0.352 e. The molecule has 0 aliphatic rings. The molecule has 3 aromatic rings. The van der Waals surface area contributed by atoms with Crippen molar-refractivity contribution in [2.45, 2.75) is 58.1 Å². The summed E-state index contributed by atoms with van der Waals surface area (Å²) in [6.07, 6.45) is 0. The average Bonchev–Trinajstić information content (AvgIpc) is 2.88. The van der Waals surface area contributed by atoms with Crippen molar-refractivity contribution >= 4 is 62.3 Å². The second kappa shape index (κ2) is 13.3. The van der Waals surface area contributed by atoms with Crippen LogP contribution in [0.2, 0.25) is 15.1 Å². The lowest BCUT2D eigenvalue weighted by molar-refractivity contribution is -0.139. The fraction of sp³-hybridized carbons (Fsp3) is 0.310. The third-order valence-electron chi connectivity index (χ3n) is 6.26. The molecule has 214 valence electrons. The van der Waals surface area contributed by atoms with E-state index in [2.05, 4.69) is 5.32 Å². The number of anilines is 1. The maximum absolute atomic E-state index is 14.0. The lowest BCUT2D eigenvalue weighted by Gasteiger charge is -2.33. The van der Waals surface area contributed by atoms with Crippen LogP contribution in [0.5, 0.6) is 0 Å². The summed E-state index contributed by atoms with van der Waals surface area (Å²) in [5.74, 6) is -0.970. The highest BCUT2D eigenvalue weighted by Gasteiger charge is 2.33. The molecule has 0 radical (unpaired) electrons. The molecule has 3 aromatic carbocycles. The van der Waals surface area contributed by atoms with Gasteiger partial charge in [-0.2, -0.15) is 0 Å². The Morgan fingerprint density at radius 1 is 0.875 bits per heavy atom. The zero-order valence-electron chi connectivity index (χ0n) is 22.9. The van der Waals surface area contributed by atoms with Crippen LogP contribution < -0.4 is 9.62 Å². The van der Waals surface area contributed by atoms with Gasteiger partial charge in [0.15, 0.2) is 0 Å². The summed E-state index contributed by atoms with van der Waals surface area (Å²) in [5.41, 5.74) is 2.38. The largest absolute Gasteiger partial charge is 0.352 e. The monoisotopic (exact) mass is 623 g/mol. The van der Waals surface area contributed by atoms with Gasteiger partial charge in [0.25, 0.3) is 10.0 Å². The molecule has 0 aromatic heterocycles. The Hall–Kier alpha value is -2.78. The second-order valence-electron chi connectivity index (χ2n) is 9.86. The summed E-state index contributed by atoms with van der Waals surface area (Å²) < 4.78 is 28.9. The minimum atomic E-state index is -4.20. The predicted octanol–water partition coefficient (Wildman–Crippen LogP) is 6.40. The number of halogens is 3. The number of carbonyl (C=O) groups excluding carboxylic acids is 2. The minimum absolute atomic E-state index is 0.00461. The molecule has 3 rings (SSSR count). The van der Waals surface area contributed by atoms with Crippen molar-refractivity contribution in [2.24, 2.45) is 0 Å². The van der Waals surface area contributed by atoms with Crippen molar-refractivity contribution in [3.63, 3.8) is 0 Å². The molecule has 0 spiro atoms. The number of benzene rings is 3. The van der Waals surface area contributed by atoms with E-state index in [1.54, 1.807) is 56.3 Å². The van der Waals surface area contributed by atoms with Gasteiger partial charge in [-0.05, 0) is 82.1 Å². The number of aryl methyl sites for hydroxylation is 2. The lowest BCUT2D eigenvalue weighted by Crippen LogP contribution is -2.52. The van der Waals surface area contributed by atoms with Crippen LogP contribution in [0.3, 0.4) is 0 Å². The Morgan fingerprint density at radius 3 is 2.12 bits per heavy atom. The van der Waals surface area contributed by atoms with Crippen LogP contribution in [0, 0.1) is 13.8 Å². The SMILES string of the molecule is Cc1ccc(S(=O)(=O)N(CC(=O)N(Cc2ccc(Cl)c(Cl)c2)[C@H](C)C(=O)NC(C)C)c2cc(Cl)ccc2C)cc1. The van der Waals surface area contributed by atoms with Gasteiger partial charge in [-0.25, -0.2) is 8.42 Å². The van der Waals surface area contributed by atoms with Gasteiger partial charge in [-0.15, -0.1) is 0 Å². The van der Waals surface area contributed by atoms with E-state index in [9.17, 15) is 18.0 Å². The highest BCUT2D eigenvalue weighted by molar-refractivity contribution is 7.92. The van der Waals surface area contributed by atoms with E-state index in [1.807, 2.05) is 20.8 Å². The average molecular weight is 625 g/mol. The molecule has 0 unspecified atom stereocenters. The molecular formula is C29H32Cl3N3O4S. The summed E-state index contributed by atoms with van der Waals surface area (Å²) in [7, 11) is -4.20. The summed E-state index contributed by atoms with van der Waals surface area (Å²) >= 11 is 18.5. The maximum atomic E-state index is 14.0. The Labute approximate surface area is 251 Å². The summed E-state index contributed by atoms with van der Waals surface area (Å²) in [6.45, 7) is 8.23. The zero-order chi connectivity index (χ0) is 29.8.